The van der Waals surface area contributed by atoms with Gasteiger partial charge in [0.25, 0.3) is 11.5 Å². The van der Waals surface area contributed by atoms with E-state index in [-0.39, 0.29) is 17.7 Å². The van der Waals surface area contributed by atoms with Crippen LogP contribution in [0.4, 0.5) is 4.39 Å². The molecule has 3 aromatic rings. The molecule has 0 aliphatic carbocycles. The van der Waals surface area contributed by atoms with E-state index in [0.29, 0.717) is 16.9 Å². The summed E-state index contributed by atoms with van der Waals surface area (Å²) in [4.78, 5) is 27.2. The first-order valence-corrected chi connectivity index (χ1v) is 9.34. The maximum absolute atomic E-state index is 14.6. The largest absolute Gasteiger partial charge is 0.486 e. The van der Waals surface area contributed by atoms with Gasteiger partial charge in [-0.3, -0.25) is 9.59 Å². The normalized spacial score (nSPS) is 11.7. The first kappa shape index (κ1) is 20.3. The number of aromatic amines is 1. The molecule has 0 aliphatic rings. The number of benzene rings is 2. The number of amides is 1. The highest BCUT2D eigenvalue weighted by Gasteiger charge is 2.16. The van der Waals surface area contributed by atoms with Crippen LogP contribution in [0, 0.1) is 19.7 Å². The Labute approximate surface area is 168 Å². The number of para-hydroxylation sites is 1. The Morgan fingerprint density at radius 3 is 2.52 bits per heavy atom. The van der Waals surface area contributed by atoms with E-state index in [4.69, 9.17) is 4.74 Å². The summed E-state index contributed by atoms with van der Waals surface area (Å²) in [6.45, 7) is 5.42. The second kappa shape index (κ2) is 8.73. The fraction of sp³-hybridized carbons (Fsp3) is 0.217. The zero-order valence-corrected chi connectivity index (χ0v) is 16.6. The fourth-order valence-corrected chi connectivity index (χ4v) is 3.14. The van der Waals surface area contributed by atoms with E-state index in [2.05, 4.69) is 10.3 Å². The monoisotopic (exact) mass is 394 g/mol. The number of pyridine rings is 1. The molecule has 0 fully saturated rings. The second-order valence-electron chi connectivity index (χ2n) is 6.94. The van der Waals surface area contributed by atoms with E-state index < -0.39 is 17.8 Å². The highest BCUT2D eigenvalue weighted by molar-refractivity contribution is 5.94. The molecule has 1 atom stereocenters. The van der Waals surface area contributed by atoms with Crippen molar-refractivity contribution in [1.29, 1.82) is 0 Å². The van der Waals surface area contributed by atoms with Crippen LogP contribution in [-0.4, -0.2) is 10.9 Å². The number of nitrogens with one attached hydrogen (secondary N) is 2. The molecule has 2 N–H and O–H groups in total. The quantitative estimate of drug-likeness (QED) is 0.658. The molecular weight excluding hydrogens is 371 g/mol. The van der Waals surface area contributed by atoms with E-state index in [0.717, 1.165) is 11.3 Å². The molecule has 3 rings (SSSR count). The van der Waals surface area contributed by atoms with Gasteiger partial charge in [0.05, 0.1) is 0 Å². The predicted molar refractivity (Wildman–Crippen MR) is 110 cm³/mol. The van der Waals surface area contributed by atoms with Gasteiger partial charge in [0.1, 0.15) is 17.7 Å². The maximum Gasteiger partial charge on any atom is 0.253 e. The zero-order chi connectivity index (χ0) is 21.0. The number of hydrogen-bond donors (Lipinski definition) is 2. The average Bonchev–Trinajstić information content (AvgIpc) is 2.67. The minimum Gasteiger partial charge on any atom is -0.486 e. The number of carbonyl (C=O) groups excluding carboxylic acids is 1. The third-order valence-electron chi connectivity index (χ3n) is 4.68. The molecule has 150 valence electrons. The van der Waals surface area contributed by atoms with Gasteiger partial charge in [0.15, 0.2) is 0 Å². The lowest BCUT2D eigenvalue weighted by Gasteiger charge is -2.16. The fourth-order valence-electron chi connectivity index (χ4n) is 3.14. The van der Waals surface area contributed by atoms with Crippen molar-refractivity contribution < 1.29 is 13.9 Å². The topological polar surface area (TPSA) is 71.2 Å². The van der Waals surface area contributed by atoms with Crippen molar-refractivity contribution in [3.63, 3.8) is 0 Å². The highest BCUT2D eigenvalue weighted by atomic mass is 19.1. The summed E-state index contributed by atoms with van der Waals surface area (Å²) in [5.74, 6) is -0.336. The standard InChI is InChI=1S/C23H23FN2O3/c1-14-11-15(2)26-23(28)20(14)13-25-22(27)17-9-10-19(21(24)12-17)16(3)29-18-7-5-4-6-8-18/h4-12,16H,13H2,1-3H3,(H,25,27)(H,26,28). The molecule has 0 radical (unpaired) electrons. The van der Waals surface area contributed by atoms with Gasteiger partial charge < -0.3 is 15.0 Å². The zero-order valence-electron chi connectivity index (χ0n) is 16.6. The van der Waals surface area contributed by atoms with Crippen LogP contribution in [0.15, 0.2) is 59.4 Å². The van der Waals surface area contributed by atoms with Crippen molar-refractivity contribution in [3.05, 3.63) is 98.7 Å². The van der Waals surface area contributed by atoms with Crippen LogP contribution < -0.4 is 15.6 Å². The average molecular weight is 394 g/mol. The number of halogens is 1. The summed E-state index contributed by atoms with van der Waals surface area (Å²) < 4.78 is 20.3. The van der Waals surface area contributed by atoms with Crippen molar-refractivity contribution in [2.45, 2.75) is 33.4 Å². The molecule has 0 bridgehead atoms. The Morgan fingerprint density at radius 2 is 1.86 bits per heavy atom. The van der Waals surface area contributed by atoms with Crippen molar-refractivity contribution in [2.24, 2.45) is 0 Å². The van der Waals surface area contributed by atoms with Gasteiger partial charge in [0, 0.05) is 28.9 Å². The summed E-state index contributed by atoms with van der Waals surface area (Å²) in [6, 6.07) is 15.3. The van der Waals surface area contributed by atoms with Crippen LogP contribution in [0.3, 0.4) is 0 Å². The molecule has 0 saturated carbocycles. The molecular formula is C23H23FN2O3. The van der Waals surface area contributed by atoms with Crippen LogP contribution in [0.25, 0.3) is 0 Å². The lowest BCUT2D eigenvalue weighted by atomic mass is 10.1. The van der Waals surface area contributed by atoms with Crippen molar-refractivity contribution in [3.8, 4) is 5.75 Å². The van der Waals surface area contributed by atoms with Gasteiger partial charge in [-0.15, -0.1) is 0 Å². The molecule has 29 heavy (non-hydrogen) atoms. The second-order valence-corrected chi connectivity index (χ2v) is 6.94. The van der Waals surface area contributed by atoms with Gasteiger partial charge >= 0.3 is 0 Å². The molecule has 1 aromatic heterocycles. The first-order valence-electron chi connectivity index (χ1n) is 9.34. The third-order valence-corrected chi connectivity index (χ3v) is 4.68. The van der Waals surface area contributed by atoms with Crippen LogP contribution >= 0.6 is 0 Å². The lowest BCUT2D eigenvalue weighted by Crippen LogP contribution is -2.28. The van der Waals surface area contributed by atoms with E-state index in [1.54, 1.807) is 38.1 Å². The Bertz CT molecular complexity index is 1080. The summed E-state index contributed by atoms with van der Waals surface area (Å²) >= 11 is 0. The van der Waals surface area contributed by atoms with E-state index in [1.165, 1.54) is 6.07 Å². The molecule has 0 spiro atoms. The van der Waals surface area contributed by atoms with Gasteiger partial charge in [-0.2, -0.15) is 0 Å². The SMILES string of the molecule is Cc1cc(C)c(CNC(=O)c2ccc(C(C)Oc3ccccc3)c(F)c2)c(=O)[nH]1. The van der Waals surface area contributed by atoms with Crippen molar-refractivity contribution in [1.82, 2.24) is 10.3 Å². The molecule has 1 amide bonds. The Hall–Kier alpha value is -3.41. The number of hydrogen-bond acceptors (Lipinski definition) is 3. The number of rotatable bonds is 6. The molecule has 1 heterocycles. The van der Waals surface area contributed by atoms with Crippen molar-refractivity contribution >= 4 is 5.91 Å². The molecule has 5 nitrogen and oxygen atoms in total. The summed E-state index contributed by atoms with van der Waals surface area (Å²) in [6.07, 6.45) is -0.511. The first-order chi connectivity index (χ1) is 13.8. The summed E-state index contributed by atoms with van der Waals surface area (Å²) in [5, 5.41) is 2.68. The minimum atomic E-state index is -0.523. The summed E-state index contributed by atoms with van der Waals surface area (Å²) in [7, 11) is 0. The minimum absolute atomic E-state index is 0.0666. The van der Waals surface area contributed by atoms with Gasteiger partial charge in [-0.1, -0.05) is 24.3 Å². The Kier molecular flexibility index (Phi) is 6.12. The molecule has 1 unspecified atom stereocenters. The van der Waals surface area contributed by atoms with Gasteiger partial charge in [-0.25, -0.2) is 4.39 Å². The molecule has 0 aliphatic heterocycles. The van der Waals surface area contributed by atoms with Crippen molar-refractivity contribution in [2.75, 3.05) is 0 Å². The van der Waals surface area contributed by atoms with Crippen LogP contribution in [-0.2, 0) is 6.54 Å². The van der Waals surface area contributed by atoms with E-state index in [9.17, 15) is 14.0 Å². The van der Waals surface area contributed by atoms with E-state index >= 15 is 0 Å². The number of ether oxygens (including phenoxy) is 1. The predicted octanol–water partition coefficient (Wildman–Crippen LogP) is 4.20. The highest BCUT2D eigenvalue weighted by Crippen LogP contribution is 2.24. The number of aromatic nitrogens is 1. The van der Waals surface area contributed by atoms with Gasteiger partial charge in [0.2, 0.25) is 0 Å². The number of H-pyrrole nitrogens is 1. The Morgan fingerprint density at radius 1 is 1.14 bits per heavy atom. The lowest BCUT2D eigenvalue weighted by molar-refractivity contribution is 0.0950. The Balaban J connectivity index is 1.69. The smallest absolute Gasteiger partial charge is 0.253 e. The third kappa shape index (κ3) is 4.90. The number of aryl methyl sites for hydroxylation is 2. The van der Waals surface area contributed by atoms with Gasteiger partial charge in [-0.05, 0) is 56.7 Å². The molecule has 6 heteroatoms. The maximum atomic E-state index is 14.6. The number of carbonyl (C=O) groups is 1. The van der Waals surface area contributed by atoms with E-state index in [1.807, 2.05) is 31.2 Å². The van der Waals surface area contributed by atoms with Crippen LogP contribution in [0.5, 0.6) is 5.75 Å². The summed E-state index contributed by atoms with van der Waals surface area (Å²) in [5.41, 5.74) is 2.32. The molecule has 2 aromatic carbocycles. The van der Waals surface area contributed by atoms with Crippen LogP contribution in [0.2, 0.25) is 0 Å². The molecule has 0 saturated heterocycles. The van der Waals surface area contributed by atoms with Crippen LogP contribution in [0.1, 0.15) is 45.8 Å².